The number of fused-ring (bicyclic) bond motifs is 3. The third kappa shape index (κ3) is 4.66. The minimum absolute atomic E-state index is 0.0532. The molecule has 1 saturated heterocycles. The summed E-state index contributed by atoms with van der Waals surface area (Å²) in [6.45, 7) is 1.11. The predicted molar refractivity (Wildman–Crippen MR) is 132 cm³/mol. The van der Waals surface area contributed by atoms with Crippen molar-refractivity contribution in [1.82, 2.24) is 14.5 Å². The zero-order valence-electron chi connectivity index (χ0n) is 19.3. The van der Waals surface area contributed by atoms with Gasteiger partial charge in [-0.1, -0.05) is 18.6 Å². The Morgan fingerprint density at radius 1 is 1.09 bits per heavy atom. The van der Waals surface area contributed by atoms with Crippen LogP contribution in [0.25, 0.3) is 10.9 Å². The van der Waals surface area contributed by atoms with Gasteiger partial charge in [-0.15, -0.1) is 0 Å². The van der Waals surface area contributed by atoms with E-state index in [1.54, 1.807) is 40.1 Å². The Labute approximate surface area is 202 Å². The molecule has 9 nitrogen and oxygen atoms in total. The van der Waals surface area contributed by atoms with Crippen molar-refractivity contribution in [2.45, 2.75) is 51.1 Å². The van der Waals surface area contributed by atoms with Gasteiger partial charge in [0.2, 0.25) is 11.8 Å². The van der Waals surface area contributed by atoms with Crippen molar-refractivity contribution in [2.24, 2.45) is 0 Å². The number of carbonyl (C=O) groups excluding carboxylic acids is 3. The second-order valence-electron chi connectivity index (χ2n) is 9.03. The van der Waals surface area contributed by atoms with Crippen molar-refractivity contribution < 1.29 is 14.4 Å². The number of aromatic nitrogens is 2. The highest BCUT2D eigenvalue weighted by Crippen LogP contribution is 2.30. The molecule has 180 valence electrons. The first-order valence-electron chi connectivity index (χ1n) is 12.0. The molecule has 1 fully saturated rings. The Morgan fingerprint density at radius 2 is 1.94 bits per heavy atom. The molecular weight excluding hydrogens is 446 g/mol. The zero-order valence-corrected chi connectivity index (χ0v) is 19.3. The van der Waals surface area contributed by atoms with Gasteiger partial charge in [0, 0.05) is 25.2 Å². The number of nitrogens with one attached hydrogen (secondary N) is 2. The number of hydrogen-bond acceptors (Lipinski definition) is 5. The Morgan fingerprint density at radius 3 is 2.83 bits per heavy atom. The van der Waals surface area contributed by atoms with E-state index in [1.165, 1.54) is 0 Å². The second-order valence-corrected chi connectivity index (χ2v) is 9.03. The summed E-state index contributed by atoms with van der Waals surface area (Å²) in [6, 6.07) is 11.8. The van der Waals surface area contributed by atoms with Crippen molar-refractivity contribution in [2.75, 3.05) is 17.2 Å². The fourth-order valence-corrected chi connectivity index (χ4v) is 4.79. The molecule has 0 radical (unpaired) electrons. The van der Waals surface area contributed by atoms with Gasteiger partial charge in [-0.2, -0.15) is 0 Å². The number of carbonyl (C=O) groups is 3. The monoisotopic (exact) mass is 473 g/mol. The maximum Gasteiger partial charge on any atom is 0.261 e. The third-order valence-electron chi connectivity index (χ3n) is 6.64. The minimum atomic E-state index is -0.422. The van der Waals surface area contributed by atoms with E-state index in [2.05, 4.69) is 15.6 Å². The Bertz CT molecular complexity index is 1370. The van der Waals surface area contributed by atoms with Gasteiger partial charge in [-0.05, 0) is 56.0 Å². The molecule has 2 N–H and O–H groups in total. The molecule has 2 aliphatic heterocycles. The molecular formula is C26H27N5O4. The lowest BCUT2D eigenvalue weighted by Crippen LogP contribution is -2.40. The number of unbranched alkanes of at least 4 members (excludes halogenated alkanes) is 2. The van der Waals surface area contributed by atoms with Crippen LogP contribution in [0.5, 0.6) is 0 Å². The SMILES string of the molecule is O=C(CCCCCn1cnc2ccccc2c1=O)Nc1ccc2c(c1)C(=O)N1CCCC1C(=O)N2. The molecule has 3 aromatic rings. The smallest absolute Gasteiger partial charge is 0.261 e. The van der Waals surface area contributed by atoms with Crippen LogP contribution < -0.4 is 16.2 Å². The maximum atomic E-state index is 13.0. The van der Waals surface area contributed by atoms with Crippen LogP contribution in [0.4, 0.5) is 11.4 Å². The highest BCUT2D eigenvalue weighted by atomic mass is 16.2. The number of aryl methyl sites for hydroxylation is 1. The average Bonchev–Trinajstić information content (AvgIpc) is 3.33. The molecule has 1 aromatic heterocycles. The Balaban J connectivity index is 1.13. The van der Waals surface area contributed by atoms with Crippen molar-refractivity contribution in [1.29, 1.82) is 0 Å². The number of hydrogen-bond donors (Lipinski definition) is 2. The normalized spacial score (nSPS) is 17.0. The van der Waals surface area contributed by atoms with Gasteiger partial charge in [0.1, 0.15) is 6.04 Å². The topological polar surface area (TPSA) is 113 Å². The van der Waals surface area contributed by atoms with Gasteiger partial charge >= 0.3 is 0 Å². The van der Waals surface area contributed by atoms with E-state index >= 15 is 0 Å². The summed E-state index contributed by atoms with van der Waals surface area (Å²) in [7, 11) is 0. The molecule has 3 heterocycles. The Hall–Kier alpha value is -4.01. The summed E-state index contributed by atoms with van der Waals surface area (Å²) < 4.78 is 1.61. The van der Waals surface area contributed by atoms with Crippen molar-refractivity contribution >= 4 is 40.0 Å². The van der Waals surface area contributed by atoms with Crippen molar-refractivity contribution in [3.05, 3.63) is 64.7 Å². The molecule has 2 aliphatic rings. The van der Waals surface area contributed by atoms with Crippen LogP contribution in [-0.2, 0) is 16.1 Å². The van der Waals surface area contributed by atoms with E-state index in [0.717, 1.165) is 19.3 Å². The molecule has 2 aromatic carbocycles. The van der Waals surface area contributed by atoms with E-state index in [1.807, 2.05) is 18.2 Å². The molecule has 0 spiro atoms. The summed E-state index contributed by atoms with van der Waals surface area (Å²) in [6.07, 6.45) is 5.61. The molecule has 35 heavy (non-hydrogen) atoms. The number of para-hydroxylation sites is 1. The van der Waals surface area contributed by atoms with E-state index in [-0.39, 0.29) is 23.3 Å². The number of benzene rings is 2. The fraction of sp³-hybridized carbons (Fsp3) is 0.346. The van der Waals surface area contributed by atoms with Crippen LogP contribution in [-0.4, -0.2) is 44.8 Å². The highest BCUT2D eigenvalue weighted by molar-refractivity contribution is 6.11. The van der Waals surface area contributed by atoms with Crippen LogP contribution >= 0.6 is 0 Å². The predicted octanol–water partition coefficient (Wildman–Crippen LogP) is 3.15. The van der Waals surface area contributed by atoms with Gasteiger partial charge < -0.3 is 15.5 Å². The van der Waals surface area contributed by atoms with Crippen molar-refractivity contribution in [3.8, 4) is 0 Å². The van der Waals surface area contributed by atoms with Crippen molar-refractivity contribution in [3.63, 3.8) is 0 Å². The minimum Gasteiger partial charge on any atom is -0.327 e. The van der Waals surface area contributed by atoms with Gasteiger partial charge in [0.15, 0.2) is 0 Å². The standard InChI is InChI=1S/C26H27N5O4/c32-23(10-2-1-5-13-30-16-27-20-8-4-3-7-18(20)25(30)34)28-17-11-12-21-19(15-17)26(35)31-14-6-9-22(31)24(33)29-21/h3-4,7-8,11-12,15-16,22H,1-2,5-6,9-10,13-14H2,(H,28,32)(H,29,33). The molecule has 5 rings (SSSR count). The van der Waals surface area contributed by atoms with E-state index in [0.29, 0.717) is 60.2 Å². The van der Waals surface area contributed by atoms with Gasteiger partial charge in [0.25, 0.3) is 11.5 Å². The first-order chi connectivity index (χ1) is 17.0. The molecule has 0 saturated carbocycles. The van der Waals surface area contributed by atoms with Gasteiger partial charge in [-0.3, -0.25) is 23.7 Å². The number of anilines is 2. The first-order valence-corrected chi connectivity index (χ1v) is 12.0. The van der Waals surface area contributed by atoms with Gasteiger partial charge in [-0.25, -0.2) is 4.98 Å². The summed E-state index contributed by atoms with van der Waals surface area (Å²) >= 11 is 0. The van der Waals surface area contributed by atoms with Crippen LogP contribution in [0.1, 0.15) is 48.9 Å². The number of rotatable bonds is 7. The van der Waals surface area contributed by atoms with E-state index in [9.17, 15) is 19.2 Å². The maximum absolute atomic E-state index is 13.0. The number of nitrogens with zero attached hydrogens (tertiary/aromatic N) is 3. The summed E-state index contributed by atoms with van der Waals surface area (Å²) in [5.41, 5.74) is 2.04. The molecule has 3 amide bonds. The number of amides is 3. The second kappa shape index (κ2) is 9.69. The molecule has 1 unspecified atom stereocenters. The summed E-state index contributed by atoms with van der Waals surface area (Å²) in [5.74, 6) is -0.484. The molecule has 0 aliphatic carbocycles. The molecule has 1 atom stereocenters. The molecule has 0 bridgehead atoms. The van der Waals surface area contributed by atoms with Crippen LogP contribution in [0.3, 0.4) is 0 Å². The quantitative estimate of drug-likeness (QED) is 0.512. The lowest BCUT2D eigenvalue weighted by atomic mass is 10.1. The summed E-state index contributed by atoms with van der Waals surface area (Å²) in [5, 5.41) is 6.30. The highest BCUT2D eigenvalue weighted by Gasteiger charge is 2.38. The molecule has 9 heteroatoms. The average molecular weight is 474 g/mol. The van der Waals surface area contributed by atoms with Crippen LogP contribution in [0, 0.1) is 0 Å². The lowest BCUT2D eigenvalue weighted by Gasteiger charge is -2.20. The summed E-state index contributed by atoms with van der Waals surface area (Å²) in [4.78, 5) is 56.3. The van der Waals surface area contributed by atoms with E-state index < -0.39 is 6.04 Å². The lowest BCUT2D eigenvalue weighted by molar-refractivity contribution is -0.119. The fourth-order valence-electron chi connectivity index (χ4n) is 4.79. The third-order valence-corrected chi connectivity index (χ3v) is 6.64. The Kier molecular flexibility index (Phi) is 6.31. The van der Waals surface area contributed by atoms with Gasteiger partial charge in [0.05, 0.1) is 28.5 Å². The van der Waals surface area contributed by atoms with Crippen LogP contribution in [0.15, 0.2) is 53.6 Å². The zero-order chi connectivity index (χ0) is 24.4. The largest absolute Gasteiger partial charge is 0.327 e. The first kappa shape index (κ1) is 22.8. The van der Waals surface area contributed by atoms with E-state index in [4.69, 9.17) is 0 Å². The van der Waals surface area contributed by atoms with Crippen LogP contribution in [0.2, 0.25) is 0 Å².